The fraction of sp³-hybridized carbons (Fsp3) is 0.174. The molecule has 0 saturated carbocycles. The van der Waals surface area contributed by atoms with Crippen LogP contribution in [0.5, 0.6) is 5.75 Å². The van der Waals surface area contributed by atoms with Crippen molar-refractivity contribution in [2.45, 2.75) is 26.0 Å². The van der Waals surface area contributed by atoms with Gasteiger partial charge < -0.3 is 9.84 Å². The molecule has 3 aromatic rings. The van der Waals surface area contributed by atoms with Gasteiger partial charge in [-0.25, -0.2) is 4.98 Å². The van der Waals surface area contributed by atoms with Gasteiger partial charge in [0.25, 0.3) is 5.78 Å². The first-order chi connectivity index (χ1) is 14.9. The molecule has 158 valence electrons. The van der Waals surface area contributed by atoms with Gasteiger partial charge in [-0.05, 0) is 55.8 Å². The standard InChI is InChI=1S/C23H19BrN2O4S/c1-13(2)30-17-8-6-14(7-9-17)20(27)18-19(15-4-3-5-16(24)12-15)26(22(29)21(18)28)23-25-10-11-31-23/h3-13,19,27H,1-2H3/t19-/m0/s1. The topological polar surface area (TPSA) is 79.7 Å². The van der Waals surface area contributed by atoms with Crippen molar-refractivity contribution in [2.24, 2.45) is 0 Å². The summed E-state index contributed by atoms with van der Waals surface area (Å²) in [5.74, 6) is -1.06. The lowest BCUT2D eigenvalue weighted by molar-refractivity contribution is -0.132. The van der Waals surface area contributed by atoms with Crippen molar-refractivity contribution < 1.29 is 19.4 Å². The SMILES string of the molecule is CC(C)Oc1ccc(C(O)=C2C(=O)C(=O)N(c3nccs3)[C@H]2c2cccc(Br)c2)cc1. The Kier molecular flexibility index (Phi) is 5.93. The predicted octanol–water partition coefficient (Wildman–Crippen LogP) is 5.32. The van der Waals surface area contributed by atoms with E-state index in [-0.39, 0.29) is 17.4 Å². The summed E-state index contributed by atoms with van der Waals surface area (Å²) in [5, 5.41) is 13.2. The van der Waals surface area contributed by atoms with Gasteiger partial charge in [-0.2, -0.15) is 0 Å². The van der Waals surface area contributed by atoms with Gasteiger partial charge >= 0.3 is 5.91 Å². The highest BCUT2D eigenvalue weighted by Gasteiger charge is 2.48. The molecule has 8 heteroatoms. The molecular weight excluding hydrogens is 480 g/mol. The number of aliphatic hydroxyl groups is 1. The predicted molar refractivity (Wildman–Crippen MR) is 123 cm³/mol. The molecule has 1 atom stereocenters. The number of nitrogens with zero attached hydrogens (tertiary/aromatic N) is 2. The van der Waals surface area contributed by atoms with E-state index in [4.69, 9.17) is 4.74 Å². The lowest BCUT2D eigenvalue weighted by Crippen LogP contribution is -2.29. The monoisotopic (exact) mass is 498 g/mol. The Balaban J connectivity index is 1.85. The van der Waals surface area contributed by atoms with Crippen LogP contribution >= 0.6 is 27.3 Å². The quantitative estimate of drug-likeness (QED) is 0.292. The third kappa shape index (κ3) is 4.13. The number of carbonyl (C=O) groups is 2. The van der Waals surface area contributed by atoms with E-state index in [0.717, 1.165) is 4.47 Å². The van der Waals surface area contributed by atoms with Crippen LogP contribution < -0.4 is 9.64 Å². The van der Waals surface area contributed by atoms with E-state index in [0.29, 0.717) is 22.0 Å². The maximum absolute atomic E-state index is 13.0. The number of hydrogen-bond donors (Lipinski definition) is 1. The zero-order valence-corrected chi connectivity index (χ0v) is 19.2. The van der Waals surface area contributed by atoms with E-state index in [1.54, 1.807) is 35.8 Å². The van der Waals surface area contributed by atoms with Crippen LogP contribution in [-0.2, 0) is 9.59 Å². The number of benzene rings is 2. The second kappa shape index (κ2) is 8.64. The van der Waals surface area contributed by atoms with E-state index in [1.807, 2.05) is 38.1 Å². The molecular formula is C23H19BrN2O4S. The Morgan fingerprint density at radius 2 is 1.94 bits per heavy atom. The minimum atomic E-state index is -0.796. The van der Waals surface area contributed by atoms with Gasteiger partial charge in [0.05, 0.1) is 17.7 Å². The first-order valence-corrected chi connectivity index (χ1v) is 11.3. The van der Waals surface area contributed by atoms with E-state index in [1.165, 1.54) is 16.2 Å². The average Bonchev–Trinajstić information content (AvgIpc) is 3.35. The number of aliphatic hydroxyl groups excluding tert-OH is 1. The number of amides is 1. The molecule has 31 heavy (non-hydrogen) atoms. The van der Waals surface area contributed by atoms with Crippen molar-refractivity contribution >= 4 is 49.8 Å². The van der Waals surface area contributed by atoms with E-state index >= 15 is 0 Å². The Morgan fingerprint density at radius 1 is 1.19 bits per heavy atom. The summed E-state index contributed by atoms with van der Waals surface area (Å²) in [7, 11) is 0. The molecule has 1 aliphatic heterocycles. The zero-order chi connectivity index (χ0) is 22.1. The van der Waals surface area contributed by atoms with Gasteiger partial charge in [0.1, 0.15) is 11.5 Å². The third-order valence-electron chi connectivity index (χ3n) is 4.73. The summed E-state index contributed by atoms with van der Waals surface area (Å²) in [6.45, 7) is 3.85. The van der Waals surface area contributed by atoms with E-state index in [9.17, 15) is 14.7 Å². The number of rotatable bonds is 5. The van der Waals surface area contributed by atoms with Crippen LogP contribution in [0.25, 0.3) is 5.76 Å². The second-order valence-corrected chi connectivity index (χ2v) is 9.02. The summed E-state index contributed by atoms with van der Waals surface area (Å²) in [5.41, 5.74) is 1.13. The van der Waals surface area contributed by atoms with Crippen molar-refractivity contribution in [3.05, 3.63) is 81.3 Å². The Hall–Kier alpha value is -2.97. The first-order valence-electron chi connectivity index (χ1n) is 9.60. The van der Waals surface area contributed by atoms with Crippen molar-refractivity contribution in [1.82, 2.24) is 4.98 Å². The van der Waals surface area contributed by atoms with Crippen LogP contribution in [0.1, 0.15) is 31.0 Å². The van der Waals surface area contributed by atoms with E-state index < -0.39 is 17.7 Å². The number of ketones is 1. The number of anilines is 1. The largest absolute Gasteiger partial charge is 0.507 e. The molecule has 0 radical (unpaired) electrons. The maximum Gasteiger partial charge on any atom is 0.301 e. The number of thiazole rings is 1. The fourth-order valence-corrected chi connectivity index (χ4v) is 4.56. The lowest BCUT2D eigenvalue weighted by Gasteiger charge is -2.23. The fourth-order valence-electron chi connectivity index (χ4n) is 3.48. The third-order valence-corrected chi connectivity index (χ3v) is 6.00. The van der Waals surface area contributed by atoms with Crippen LogP contribution in [0.15, 0.2) is 70.2 Å². The molecule has 0 unspecified atom stereocenters. The number of carbonyl (C=O) groups excluding carboxylic acids is 2. The van der Waals surface area contributed by atoms with Gasteiger partial charge in [-0.1, -0.05) is 28.1 Å². The van der Waals surface area contributed by atoms with Crippen LogP contribution in [0.3, 0.4) is 0 Å². The summed E-state index contributed by atoms with van der Waals surface area (Å²) in [6, 6.07) is 13.3. The maximum atomic E-state index is 13.0. The van der Waals surface area contributed by atoms with Crippen molar-refractivity contribution in [3.8, 4) is 5.75 Å². The summed E-state index contributed by atoms with van der Waals surface area (Å²) in [6.07, 6.45) is 1.59. The molecule has 1 amide bonds. The normalized spacial score (nSPS) is 18.1. The zero-order valence-electron chi connectivity index (χ0n) is 16.8. The van der Waals surface area contributed by atoms with Crippen molar-refractivity contribution in [1.29, 1.82) is 0 Å². The van der Waals surface area contributed by atoms with Crippen LogP contribution in [0.2, 0.25) is 0 Å². The molecule has 1 N–H and O–H groups in total. The number of halogens is 1. The molecule has 1 saturated heterocycles. The molecule has 4 rings (SSSR count). The molecule has 0 aliphatic carbocycles. The van der Waals surface area contributed by atoms with Crippen molar-refractivity contribution in [2.75, 3.05) is 4.90 Å². The summed E-state index contributed by atoms with van der Waals surface area (Å²) < 4.78 is 6.44. The lowest BCUT2D eigenvalue weighted by atomic mass is 9.95. The number of ether oxygens (including phenoxy) is 1. The minimum absolute atomic E-state index is 0.0135. The number of hydrogen-bond acceptors (Lipinski definition) is 6. The smallest absolute Gasteiger partial charge is 0.301 e. The Labute approximate surface area is 191 Å². The second-order valence-electron chi connectivity index (χ2n) is 7.23. The molecule has 1 aliphatic rings. The Bertz CT molecular complexity index is 1160. The van der Waals surface area contributed by atoms with Crippen LogP contribution in [-0.4, -0.2) is 27.9 Å². The molecule has 6 nitrogen and oxygen atoms in total. The molecule has 2 aromatic carbocycles. The highest BCUT2D eigenvalue weighted by Crippen LogP contribution is 2.43. The summed E-state index contributed by atoms with van der Waals surface area (Å²) in [4.78, 5) is 31.6. The molecule has 1 aromatic heterocycles. The van der Waals surface area contributed by atoms with Crippen LogP contribution in [0, 0.1) is 0 Å². The first kappa shape index (κ1) is 21.3. The molecule has 0 bridgehead atoms. The van der Waals surface area contributed by atoms with Gasteiger partial charge in [0, 0.05) is 21.6 Å². The van der Waals surface area contributed by atoms with Gasteiger partial charge in [-0.3, -0.25) is 14.5 Å². The average molecular weight is 499 g/mol. The van der Waals surface area contributed by atoms with Crippen LogP contribution in [0.4, 0.5) is 5.13 Å². The number of Topliss-reactive ketones (excluding diaryl/α,β-unsaturated/α-hetero) is 1. The van der Waals surface area contributed by atoms with Gasteiger partial charge in [-0.15, -0.1) is 11.3 Å². The molecule has 2 heterocycles. The Morgan fingerprint density at radius 3 is 2.55 bits per heavy atom. The minimum Gasteiger partial charge on any atom is -0.507 e. The molecule has 0 spiro atoms. The van der Waals surface area contributed by atoms with Gasteiger partial charge in [0.15, 0.2) is 5.13 Å². The highest BCUT2D eigenvalue weighted by atomic mass is 79.9. The number of aromatic nitrogens is 1. The van der Waals surface area contributed by atoms with Gasteiger partial charge in [0.2, 0.25) is 0 Å². The van der Waals surface area contributed by atoms with Crippen molar-refractivity contribution in [3.63, 3.8) is 0 Å². The summed E-state index contributed by atoms with van der Waals surface area (Å²) >= 11 is 4.70. The molecule has 1 fully saturated rings. The van der Waals surface area contributed by atoms with E-state index in [2.05, 4.69) is 20.9 Å². The highest BCUT2D eigenvalue weighted by molar-refractivity contribution is 9.10.